The number of anilines is 5. The number of methoxy groups -OCH3 is 1. The summed E-state index contributed by atoms with van der Waals surface area (Å²) in [4.78, 5) is 129. The lowest BCUT2D eigenvalue weighted by atomic mass is 10.0. The van der Waals surface area contributed by atoms with Crippen LogP contribution < -0.4 is 31.3 Å². The number of nitrogens with one attached hydrogen (secondary N) is 5. The van der Waals surface area contributed by atoms with Crippen molar-refractivity contribution in [3.05, 3.63) is 329 Å². The van der Waals surface area contributed by atoms with E-state index in [1.807, 2.05) is 174 Å². The van der Waals surface area contributed by atoms with Gasteiger partial charge in [-0.2, -0.15) is 0 Å². The van der Waals surface area contributed by atoms with E-state index in [9.17, 15) is 73.5 Å². The van der Waals surface area contributed by atoms with Crippen molar-refractivity contribution in [1.82, 2.24) is 0 Å². The molecule has 0 aliphatic heterocycles. The van der Waals surface area contributed by atoms with E-state index in [-0.39, 0.29) is 56.9 Å². The topological polar surface area (TPSA) is 341 Å². The van der Waals surface area contributed by atoms with Gasteiger partial charge in [0.1, 0.15) is 37.9 Å². The van der Waals surface area contributed by atoms with Crippen LogP contribution in [-0.2, 0) is 0 Å². The van der Waals surface area contributed by atoms with Crippen LogP contribution in [0.5, 0.6) is 5.75 Å². The zero-order valence-corrected chi connectivity index (χ0v) is 80.7. The van der Waals surface area contributed by atoms with Gasteiger partial charge in [-0.3, -0.25) is 24.0 Å². The fraction of sp³-hybridized carbons (Fsp3) is 0.0851. The largest absolute Gasteiger partial charge is 0.495 e. The summed E-state index contributed by atoms with van der Waals surface area (Å²) in [5.74, 6) is -6.62. The number of carbonyl (C=O) groups excluding carboxylic acids is 5. The first-order chi connectivity index (χ1) is 61.7. The molecule has 10 aromatic heterocycles. The Morgan fingerprint density at radius 3 is 1.09 bits per heavy atom. The molecule has 16 aromatic rings. The summed E-state index contributed by atoms with van der Waals surface area (Å²) in [6.45, 7) is 13.4. The molecule has 16 rings (SSSR count). The van der Waals surface area contributed by atoms with Crippen LogP contribution in [0.15, 0.2) is 223 Å². The number of halogens is 4. The number of hydrogen-bond donors (Lipinski definition) is 10. The predicted octanol–water partition coefficient (Wildman–Crippen LogP) is 28.7. The Balaban J connectivity index is 0.000000146. The second-order valence-electron chi connectivity index (χ2n) is 27.9. The van der Waals surface area contributed by atoms with Gasteiger partial charge >= 0.3 is 29.8 Å². The Labute approximate surface area is 802 Å². The third kappa shape index (κ3) is 23.4. The van der Waals surface area contributed by atoms with Crippen LogP contribution in [0, 0.1) is 48.5 Å². The molecule has 0 aliphatic carbocycles. The van der Waals surface area contributed by atoms with Crippen molar-refractivity contribution < 1.29 is 78.2 Å². The fourth-order valence-electron chi connectivity index (χ4n) is 12.6. The molecule has 0 aliphatic rings. The van der Waals surface area contributed by atoms with Crippen LogP contribution in [0.3, 0.4) is 0 Å². The highest BCUT2D eigenvalue weighted by atomic mass is 79.9. The van der Waals surface area contributed by atoms with Gasteiger partial charge < -0.3 is 56.9 Å². The van der Waals surface area contributed by atoms with Gasteiger partial charge in [-0.1, -0.05) is 165 Å². The molecule has 0 bridgehead atoms. The minimum Gasteiger partial charge on any atom is -0.495 e. The van der Waals surface area contributed by atoms with Gasteiger partial charge in [0.05, 0.1) is 85.7 Å². The van der Waals surface area contributed by atoms with E-state index in [0.717, 1.165) is 80.3 Å². The van der Waals surface area contributed by atoms with Gasteiger partial charge in [-0.05, 0) is 182 Å². The van der Waals surface area contributed by atoms with E-state index in [0.29, 0.717) is 87.3 Å². The molecule has 0 saturated heterocycles. The molecule has 0 unspecified atom stereocenters. The lowest BCUT2D eigenvalue weighted by Gasteiger charge is -2.07. The molecule has 129 heavy (non-hydrogen) atoms. The first-order valence-corrected chi connectivity index (χ1v) is 48.6. The second kappa shape index (κ2) is 43.5. The summed E-state index contributed by atoms with van der Waals surface area (Å²) < 4.78 is 6.55. The first-order valence-electron chi connectivity index (χ1n) is 38.0. The minimum absolute atomic E-state index is 0.0451. The van der Waals surface area contributed by atoms with E-state index in [1.54, 1.807) is 92.9 Å². The molecule has 21 nitrogen and oxygen atoms in total. The monoisotopic (exact) mass is 2030 g/mol. The number of hydrogen-bond acceptors (Lipinski definition) is 21. The number of aromatic carboxylic acids is 5. The van der Waals surface area contributed by atoms with Crippen LogP contribution >= 0.6 is 164 Å². The zero-order chi connectivity index (χ0) is 92.8. The van der Waals surface area contributed by atoms with Crippen molar-refractivity contribution in [2.45, 2.75) is 48.5 Å². The predicted molar refractivity (Wildman–Crippen MR) is 533 cm³/mol. The Morgan fingerprint density at radius 2 is 0.713 bits per heavy atom. The Hall–Kier alpha value is -11.8. The quantitative estimate of drug-likeness (QED) is 0.0301. The van der Waals surface area contributed by atoms with E-state index in [1.165, 1.54) is 120 Å². The van der Waals surface area contributed by atoms with E-state index >= 15 is 0 Å². The lowest BCUT2D eigenvalue weighted by Crippen LogP contribution is -2.14. The Morgan fingerprint density at radius 1 is 0.341 bits per heavy atom. The van der Waals surface area contributed by atoms with Crippen LogP contribution in [0.25, 0.3) is 62.6 Å². The highest BCUT2D eigenvalue weighted by molar-refractivity contribution is 9.10. The lowest BCUT2D eigenvalue weighted by molar-refractivity contribution is 0.0688. The van der Waals surface area contributed by atoms with E-state index in [4.69, 9.17) is 39.5 Å². The second-order valence-corrected chi connectivity index (χ2v) is 40.0. The fourth-order valence-corrected chi connectivity index (χ4v) is 22.7. The summed E-state index contributed by atoms with van der Waals surface area (Å²) in [6, 6.07) is 53.5. The molecule has 5 amide bonds. The summed E-state index contributed by atoms with van der Waals surface area (Å²) in [5.41, 5.74) is 12.7. The Kier molecular flexibility index (Phi) is 32.5. The number of aryl methyl sites for hydroxylation is 7. The smallest absolute Gasteiger partial charge is 0.339 e. The molecule has 10 N–H and O–H groups in total. The van der Waals surface area contributed by atoms with Crippen molar-refractivity contribution in [2.24, 2.45) is 0 Å². The summed E-state index contributed by atoms with van der Waals surface area (Å²) in [6.07, 6.45) is 0. The zero-order valence-electron chi connectivity index (χ0n) is 68.7. The Bertz CT molecular complexity index is 6890. The summed E-state index contributed by atoms with van der Waals surface area (Å²) in [5, 5.41) is 76.6. The molecule has 35 heteroatoms. The van der Waals surface area contributed by atoms with Crippen LogP contribution in [-0.4, -0.2) is 92.0 Å². The normalized spacial score (nSPS) is 10.6. The number of carboxylic acid groups (broad SMARTS) is 5. The number of benzene rings is 6. The number of rotatable bonds is 22. The molecule has 0 radical (unpaired) electrons. The maximum Gasteiger partial charge on any atom is 0.339 e. The number of ether oxygens (including phenoxy) is 1. The molecule has 0 fully saturated rings. The standard InChI is InChI=1S/C22H14BrNO3S2.C19H17NO3S2.C18H14ClNO4S2.C18H15NO3S2.C17H11Cl2NO3S2/c23-15-8-6-14(7-9-15)20-19(22(26)27)16(12-28-20)24-21(25)18-11-10-17(29-18)13-4-2-1-3-5-13;1-10-4-5-13(8-12(10)3)17-15(19(22)23)14(9-25-17)20-18(21)16-11(2)6-7-24-16;1-9-15(24-2)12(7-25-9)17(21)20-13-8-26-16(14(13)18(22)23)10-3-5-11(19)6-4-10;1-10-3-5-12(6-4-10)16-14(18(21)22)13(9-24-16)19-17(20)15-11(2)7-8-23-15;1-8-6-11(15(19)25-8)16(21)20-12-7-24-14(13(12)17(22)23)9-2-4-10(18)5-3-9/h1-12H,(H,24,25)(H,26,27);4-9H,1-3H3,(H,20,21)(H,22,23);3-8H,1-2H3,(H,20,21)(H,22,23);3-9H,1-2H3,(H,19,20)(H,21,22);2-7H,1H3,(H,20,21)(H,22,23). The maximum atomic E-state index is 12.7. The van der Waals surface area contributed by atoms with Gasteiger partial charge in [0.15, 0.2) is 0 Å². The molecule has 656 valence electrons. The van der Waals surface area contributed by atoms with Crippen molar-refractivity contribution in [3.8, 4) is 68.4 Å². The van der Waals surface area contributed by atoms with Gasteiger partial charge in [0, 0.05) is 61.4 Å². The average molecular weight is 2030 g/mol. The number of thiophene rings is 10. The van der Waals surface area contributed by atoms with Gasteiger partial charge in [0.25, 0.3) is 29.5 Å². The third-order valence-electron chi connectivity index (χ3n) is 19.1. The molecular weight excluding hydrogens is 1960 g/mol. The van der Waals surface area contributed by atoms with Crippen LogP contribution in [0.4, 0.5) is 28.4 Å². The molecule has 10 heterocycles. The van der Waals surface area contributed by atoms with Gasteiger partial charge in [-0.25, -0.2) is 24.0 Å². The highest BCUT2D eigenvalue weighted by Crippen LogP contribution is 2.44. The number of carboxylic acids is 5. The SMILES string of the molecule is COc1c(C(=O)Nc2csc(-c3ccc(Cl)cc3)c2C(=O)O)csc1C.Cc1cc(C(=O)Nc2csc(-c3ccc(Cl)cc3)c2C(=O)O)c(Cl)s1.Cc1ccc(-c2scc(NC(=O)c3sccc3C)c2C(=O)O)cc1.Cc1ccc(-c2scc(NC(=O)c3sccc3C)c2C(=O)O)cc1C.O=C(Nc1csc(-c2ccc(Br)cc2)c1C(=O)O)c1ccc(-c2ccccc2)s1. The average Bonchev–Trinajstić information content (AvgIpc) is 1.68. The van der Waals surface area contributed by atoms with E-state index in [2.05, 4.69) is 42.5 Å². The molecule has 6 aromatic carbocycles. The molecular formula is C94H71BrCl3N5O16S10. The first kappa shape index (κ1) is 96.3. The van der Waals surface area contributed by atoms with Crippen LogP contribution in [0.1, 0.15) is 139 Å². The molecule has 0 atom stereocenters. The maximum absolute atomic E-state index is 12.7. The van der Waals surface area contributed by atoms with Gasteiger partial charge in [0.2, 0.25) is 0 Å². The highest BCUT2D eigenvalue weighted by Gasteiger charge is 2.30. The van der Waals surface area contributed by atoms with Crippen molar-refractivity contribution in [3.63, 3.8) is 0 Å². The van der Waals surface area contributed by atoms with Gasteiger partial charge in [-0.15, -0.1) is 113 Å². The summed E-state index contributed by atoms with van der Waals surface area (Å²) >= 11 is 34.4. The van der Waals surface area contributed by atoms with Crippen LogP contribution in [0.2, 0.25) is 14.4 Å². The minimum atomic E-state index is -1.12. The third-order valence-corrected chi connectivity index (χ3v) is 30.6. The van der Waals surface area contributed by atoms with Crippen molar-refractivity contribution in [1.29, 1.82) is 0 Å². The van der Waals surface area contributed by atoms with Crippen molar-refractivity contribution in [2.75, 3.05) is 33.7 Å². The molecule has 0 spiro atoms. The summed E-state index contributed by atoms with van der Waals surface area (Å²) in [7, 11) is 1.50. The van der Waals surface area contributed by atoms with E-state index < -0.39 is 41.7 Å². The molecule has 0 saturated carbocycles. The van der Waals surface area contributed by atoms with Crippen molar-refractivity contribution >= 4 is 252 Å². The number of amides is 5. The number of carbonyl (C=O) groups is 10.